The van der Waals surface area contributed by atoms with Crippen molar-refractivity contribution in [3.8, 4) is 28.7 Å². The molecule has 0 unspecified atom stereocenters. The number of rotatable bonds is 7. The molecule has 38 heavy (non-hydrogen) atoms. The Kier molecular flexibility index (Phi) is 8.24. The van der Waals surface area contributed by atoms with Gasteiger partial charge in [-0.05, 0) is 58.7 Å². The van der Waals surface area contributed by atoms with Crippen molar-refractivity contribution in [2.45, 2.75) is 19.6 Å². The summed E-state index contributed by atoms with van der Waals surface area (Å²) in [5.74, 6) is -9.84. The summed E-state index contributed by atoms with van der Waals surface area (Å²) in [6.07, 6.45) is -9.25. The molecule has 0 saturated carbocycles. The van der Waals surface area contributed by atoms with Crippen LogP contribution in [0.1, 0.15) is 15.9 Å². The van der Waals surface area contributed by atoms with Crippen LogP contribution in [-0.2, 0) is 0 Å². The Labute approximate surface area is 216 Å². The third-order valence-electron chi connectivity index (χ3n) is 4.51. The Balaban J connectivity index is 2.10. The van der Waals surface area contributed by atoms with Gasteiger partial charge in [0.05, 0.1) is 7.11 Å². The minimum absolute atomic E-state index is 0.0849. The van der Waals surface area contributed by atoms with E-state index in [-0.39, 0.29) is 10.3 Å². The number of methoxy groups -OCH3 is 1. The SMILES string of the molecule is COc1c(Oc2ccc(OC(F)(F)F)c(F)c2C(=O)Nc2cc(Br)ncc2C)ccc(OC(F)(F)F)c1F. The van der Waals surface area contributed by atoms with E-state index in [1.54, 1.807) is 0 Å². The van der Waals surface area contributed by atoms with E-state index in [1.165, 1.54) is 19.2 Å². The van der Waals surface area contributed by atoms with Gasteiger partial charge in [-0.25, -0.2) is 9.37 Å². The molecule has 3 rings (SSSR count). The van der Waals surface area contributed by atoms with Crippen LogP contribution in [0.2, 0.25) is 0 Å². The number of aromatic nitrogens is 1. The average molecular weight is 617 g/mol. The maximum Gasteiger partial charge on any atom is 0.573 e. The predicted octanol–water partition coefficient (Wildman–Crippen LogP) is 7.28. The normalized spacial score (nSPS) is 11.7. The van der Waals surface area contributed by atoms with Crippen LogP contribution in [0.25, 0.3) is 0 Å². The summed E-state index contributed by atoms with van der Waals surface area (Å²) in [6, 6.07) is 3.75. The highest BCUT2D eigenvalue weighted by atomic mass is 79.9. The number of carbonyl (C=O) groups excluding carboxylic acids is 1. The molecule has 0 atom stereocenters. The van der Waals surface area contributed by atoms with Crippen molar-refractivity contribution < 1.29 is 58.9 Å². The summed E-state index contributed by atoms with van der Waals surface area (Å²) in [4.78, 5) is 16.9. The van der Waals surface area contributed by atoms with E-state index in [4.69, 9.17) is 9.47 Å². The first-order valence-electron chi connectivity index (χ1n) is 9.91. The number of ether oxygens (including phenoxy) is 4. The Bertz CT molecular complexity index is 1370. The van der Waals surface area contributed by atoms with Crippen LogP contribution in [0.15, 0.2) is 41.1 Å². The van der Waals surface area contributed by atoms with E-state index in [0.717, 1.165) is 13.2 Å². The number of hydrogen-bond donors (Lipinski definition) is 1. The first-order valence-corrected chi connectivity index (χ1v) is 10.7. The molecule has 0 aliphatic carbocycles. The number of nitrogens with zero attached hydrogens (tertiary/aromatic N) is 1. The summed E-state index contributed by atoms with van der Waals surface area (Å²) in [7, 11) is 0.862. The number of aryl methyl sites for hydroxylation is 1. The minimum atomic E-state index is -5.33. The highest BCUT2D eigenvalue weighted by molar-refractivity contribution is 9.10. The van der Waals surface area contributed by atoms with Gasteiger partial charge in [-0.15, -0.1) is 26.3 Å². The molecular formula is C22H13BrF8N2O5. The van der Waals surface area contributed by atoms with Gasteiger partial charge in [0.15, 0.2) is 23.1 Å². The van der Waals surface area contributed by atoms with Gasteiger partial charge in [-0.2, -0.15) is 4.39 Å². The molecule has 0 aliphatic heterocycles. The lowest BCUT2D eigenvalue weighted by Crippen LogP contribution is -2.21. The average Bonchev–Trinajstić information content (AvgIpc) is 2.78. The molecule has 0 bridgehead atoms. The van der Waals surface area contributed by atoms with Crippen molar-refractivity contribution in [1.82, 2.24) is 4.98 Å². The van der Waals surface area contributed by atoms with Gasteiger partial charge >= 0.3 is 12.7 Å². The summed E-state index contributed by atoms with van der Waals surface area (Å²) in [6.45, 7) is 1.52. The van der Waals surface area contributed by atoms with E-state index < -0.39 is 64.6 Å². The lowest BCUT2D eigenvalue weighted by Gasteiger charge is -2.18. The Morgan fingerprint density at radius 1 is 0.895 bits per heavy atom. The van der Waals surface area contributed by atoms with Crippen LogP contribution in [0.4, 0.5) is 40.8 Å². The topological polar surface area (TPSA) is 78.9 Å². The van der Waals surface area contributed by atoms with E-state index in [1.807, 2.05) is 0 Å². The van der Waals surface area contributed by atoms with Gasteiger partial charge in [0.25, 0.3) is 5.91 Å². The van der Waals surface area contributed by atoms with E-state index >= 15 is 4.39 Å². The smallest absolute Gasteiger partial charge is 0.490 e. The Morgan fingerprint density at radius 3 is 1.97 bits per heavy atom. The third kappa shape index (κ3) is 6.93. The van der Waals surface area contributed by atoms with Crippen LogP contribution in [0.3, 0.4) is 0 Å². The Hall–Kier alpha value is -3.82. The number of nitrogens with one attached hydrogen (secondary N) is 1. The van der Waals surface area contributed by atoms with Gasteiger partial charge in [0, 0.05) is 11.9 Å². The molecular weight excluding hydrogens is 604 g/mol. The quantitative estimate of drug-likeness (QED) is 0.222. The van der Waals surface area contributed by atoms with Crippen molar-refractivity contribution in [1.29, 1.82) is 0 Å². The largest absolute Gasteiger partial charge is 0.573 e. The summed E-state index contributed by atoms with van der Waals surface area (Å²) < 4.78 is 123. The number of pyridine rings is 1. The number of benzene rings is 2. The fourth-order valence-electron chi connectivity index (χ4n) is 2.97. The second-order valence-corrected chi connectivity index (χ2v) is 7.95. The molecule has 1 aromatic heterocycles. The maximum atomic E-state index is 15.2. The zero-order chi connectivity index (χ0) is 28.4. The lowest BCUT2D eigenvalue weighted by atomic mass is 10.1. The lowest BCUT2D eigenvalue weighted by molar-refractivity contribution is -0.276. The van der Waals surface area contributed by atoms with Crippen molar-refractivity contribution >= 4 is 27.5 Å². The molecule has 16 heteroatoms. The predicted molar refractivity (Wildman–Crippen MR) is 117 cm³/mol. The van der Waals surface area contributed by atoms with Gasteiger partial charge in [0.2, 0.25) is 11.6 Å². The molecule has 0 fully saturated rings. The molecule has 7 nitrogen and oxygen atoms in total. The monoisotopic (exact) mass is 616 g/mol. The molecule has 0 aliphatic rings. The van der Waals surface area contributed by atoms with Crippen LogP contribution in [0, 0.1) is 18.6 Å². The van der Waals surface area contributed by atoms with E-state index in [2.05, 4.69) is 35.7 Å². The van der Waals surface area contributed by atoms with Crippen molar-refractivity contribution in [2.75, 3.05) is 12.4 Å². The number of anilines is 1. The van der Waals surface area contributed by atoms with Crippen molar-refractivity contribution in [3.63, 3.8) is 0 Å². The molecule has 1 N–H and O–H groups in total. The molecule has 204 valence electrons. The number of alkyl halides is 6. The number of amides is 1. The second-order valence-electron chi connectivity index (χ2n) is 7.13. The zero-order valence-electron chi connectivity index (χ0n) is 18.9. The van der Waals surface area contributed by atoms with Gasteiger partial charge < -0.3 is 24.3 Å². The molecule has 1 amide bonds. The van der Waals surface area contributed by atoms with E-state index in [9.17, 15) is 35.5 Å². The standard InChI is InChI=1S/C22H13BrF8N2O5/c1-9-8-32-15(23)7-10(9)33-20(34)16-11(3-4-12(17(16)24)37-21(26,27)28)36-14-6-5-13(38-22(29,30)31)18(25)19(14)35-2/h3-8H,1-2H3,(H,32,33,34). The molecule has 3 aromatic rings. The molecule has 1 heterocycles. The fraction of sp³-hybridized carbons (Fsp3) is 0.182. The van der Waals surface area contributed by atoms with Crippen molar-refractivity contribution in [3.05, 3.63) is 63.9 Å². The molecule has 0 saturated heterocycles. The summed E-state index contributed by atoms with van der Waals surface area (Å²) in [5, 5.41) is 2.28. The van der Waals surface area contributed by atoms with Crippen LogP contribution < -0.4 is 24.3 Å². The summed E-state index contributed by atoms with van der Waals surface area (Å²) in [5.41, 5.74) is -0.644. The number of hydrogen-bond acceptors (Lipinski definition) is 6. The molecule has 0 spiro atoms. The van der Waals surface area contributed by atoms with Crippen LogP contribution >= 0.6 is 15.9 Å². The first kappa shape index (κ1) is 28.7. The van der Waals surface area contributed by atoms with E-state index in [0.29, 0.717) is 23.8 Å². The van der Waals surface area contributed by atoms with Crippen LogP contribution in [-0.4, -0.2) is 30.7 Å². The first-order chi connectivity index (χ1) is 17.6. The van der Waals surface area contributed by atoms with Crippen molar-refractivity contribution in [2.24, 2.45) is 0 Å². The zero-order valence-corrected chi connectivity index (χ0v) is 20.4. The number of carbonyl (C=O) groups is 1. The Morgan fingerprint density at radius 2 is 1.42 bits per heavy atom. The van der Waals surface area contributed by atoms with Gasteiger partial charge in [-0.3, -0.25) is 4.79 Å². The third-order valence-corrected chi connectivity index (χ3v) is 4.95. The second kappa shape index (κ2) is 10.9. The summed E-state index contributed by atoms with van der Waals surface area (Å²) >= 11 is 3.07. The van der Waals surface area contributed by atoms with Crippen LogP contribution in [0.5, 0.6) is 28.7 Å². The number of halogens is 9. The molecule has 0 radical (unpaired) electrons. The molecule has 2 aromatic carbocycles. The fourth-order valence-corrected chi connectivity index (χ4v) is 3.30. The van der Waals surface area contributed by atoms with Gasteiger partial charge in [0.1, 0.15) is 15.9 Å². The highest BCUT2D eigenvalue weighted by Gasteiger charge is 2.36. The minimum Gasteiger partial charge on any atom is -0.490 e. The van der Waals surface area contributed by atoms with Gasteiger partial charge in [-0.1, -0.05) is 0 Å². The highest BCUT2D eigenvalue weighted by Crippen LogP contribution is 2.42. The maximum absolute atomic E-state index is 15.2.